The molecule has 8 nitrogen and oxygen atoms in total. The van der Waals surface area contributed by atoms with Crippen molar-refractivity contribution >= 4 is 11.9 Å². The molecule has 0 spiro atoms. The first-order valence-electron chi connectivity index (χ1n) is 5.93. The van der Waals surface area contributed by atoms with E-state index in [0.717, 1.165) is 0 Å². The molecule has 0 aromatic carbocycles. The number of amides is 1. The zero-order chi connectivity index (χ0) is 14.0. The summed E-state index contributed by atoms with van der Waals surface area (Å²) in [6, 6.07) is -0.727. The monoisotopic (exact) mass is 268 g/mol. The van der Waals surface area contributed by atoms with Crippen molar-refractivity contribution in [3.8, 4) is 0 Å². The van der Waals surface area contributed by atoms with Crippen LogP contribution in [0.4, 0.5) is 0 Å². The quantitative estimate of drug-likeness (QED) is 0.714. The first-order valence-corrected chi connectivity index (χ1v) is 5.93. The minimum absolute atomic E-state index is 0.138. The number of aliphatic hydroxyl groups excluding tert-OH is 1. The van der Waals surface area contributed by atoms with Gasteiger partial charge in [0.05, 0.1) is 26.0 Å². The largest absolute Gasteiger partial charge is 0.467 e. The molecule has 2 heterocycles. The Bertz CT molecular complexity index is 487. The average molecular weight is 268 g/mol. The molecule has 104 valence electrons. The van der Waals surface area contributed by atoms with E-state index < -0.39 is 12.0 Å². The maximum absolute atomic E-state index is 11.7. The number of carbonyl (C=O) groups excluding carboxylic acids is 2. The van der Waals surface area contributed by atoms with Crippen LogP contribution in [0.3, 0.4) is 0 Å². The van der Waals surface area contributed by atoms with E-state index in [1.165, 1.54) is 18.9 Å². The molecule has 2 rings (SSSR count). The van der Waals surface area contributed by atoms with E-state index in [9.17, 15) is 9.59 Å². The second-order valence-electron chi connectivity index (χ2n) is 4.45. The lowest BCUT2D eigenvalue weighted by molar-refractivity contribution is -0.150. The summed E-state index contributed by atoms with van der Waals surface area (Å²) in [5.41, 5.74) is 0.455. The summed E-state index contributed by atoms with van der Waals surface area (Å²) < 4.78 is 6.28. The molecule has 1 aromatic heterocycles. The lowest BCUT2D eigenvalue weighted by Gasteiger charge is -2.20. The van der Waals surface area contributed by atoms with Crippen LogP contribution in [-0.4, -0.2) is 56.6 Å². The van der Waals surface area contributed by atoms with Crippen LogP contribution in [0.2, 0.25) is 0 Å². The molecule has 1 amide bonds. The van der Waals surface area contributed by atoms with E-state index in [1.807, 2.05) is 0 Å². The van der Waals surface area contributed by atoms with Gasteiger partial charge in [-0.3, -0.25) is 4.79 Å². The second kappa shape index (κ2) is 5.35. The van der Waals surface area contributed by atoms with Crippen LogP contribution in [0.1, 0.15) is 25.1 Å². The molecule has 1 aliphatic rings. The van der Waals surface area contributed by atoms with Gasteiger partial charge in [-0.2, -0.15) is 0 Å². The minimum Gasteiger partial charge on any atom is -0.467 e. The molecule has 0 saturated carbocycles. The fraction of sp³-hybridized carbons (Fsp3) is 0.636. The number of esters is 1. The summed E-state index contributed by atoms with van der Waals surface area (Å²) in [6.45, 7) is 1.60. The van der Waals surface area contributed by atoms with Crippen LogP contribution in [0, 0.1) is 0 Å². The zero-order valence-electron chi connectivity index (χ0n) is 10.8. The highest BCUT2D eigenvalue weighted by atomic mass is 16.5. The van der Waals surface area contributed by atoms with Gasteiger partial charge >= 0.3 is 5.97 Å². The number of nitrogens with zero attached hydrogens (tertiary/aromatic N) is 4. The van der Waals surface area contributed by atoms with Crippen molar-refractivity contribution in [3.05, 3.63) is 11.9 Å². The van der Waals surface area contributed by atoms with Crippen molar-refractivity contribution in [2.75, 3.05) is 13.7 Å². The van der Waals surface area contributed by atoms with Crippen LogP contribution >= 0.6 is 0 Å². The van der Waals surface area contributed by atoms with E-state index in [4.69, 9.17) is 9.84 Å². The number of hydrogen-bond acceptors (Lipinski definition) is 6. The van der Waals surface area contributed by atoms with Gasteiger partial charge in [0.25, 0.3) is 0 Å². The van der Waals surface area contributed by atoms with Gasteiger partial charge in [0, 0.05) is 19.9 Å². The van der Waals surface area contributed by atoms with Crippen LogP contribution in [-0.2, 0) is 20.9 Å². The normalized spacial score (nSPS) is 22.6. The summed E-state index contributed by atoms with van der Waals surface area (Å²) in [4.78, 5) is 24.7. The fourth-order valence-corrected chi connectivity index (χ4v) is 2.28. The molecule has 0 unspecified atom stereocenters. The highest BCUT2D eigenvalue weighted by molar-refractivity contribution is 5.84. The third kappa shape index (κ3) is 2.58. The van der Waals surface area contributed by atoms with E-state index >= 15 is 0 Å². The highest BCUT2D eigenvalue weighted by Gasteiger charge is 2.40. The Kier molecular flexibility index (Phi) is 3.79. The van der Waals surface area contributed by atoms with E-state index in [2.05, 4.69) is 10.3 Å². The number of aliphatic hydroxyl groups is 1. The molecule has 0 radical (unpaired) electrons. The van der Waals surface area contributed by atoms with Gasteiger partial charge in [-0.25, -0.2) is 9.48 Å². The van der Waals surface area contributed by atoms with Crippen molar-refractivity contribution in [1.29, 1.82) is 0 Å². The Morgan fingerprint density at radius 1 is 1.58 bits per heavy atom. The first kappa shape index (κ1) is 13.5. The van der Waals surface area contributed by atoms with Crippen molar-refractivity contribution in [2.24, 2.45) is 0 Å². The molecule has 2 atom stereocenters. The Morgan fingerprint density at radius 3 is 2.84 bits per heavy atom. The smallest absolute Gasteiger partial charge is 0.328 e. The third-order valence-electron chi connectivity index (χ3n) is 3.25. The van der Waals surface area contributed by atoms with Gasteiger partial charge in [-0.05, 0) is 0 Å². The topological polar surface area (TPSA) is 97.5 Å². The van der Waals surface area contributed by atoms with Gasteiger partial charge in [0.2, 0.25) is 5.91 Å². The lowest BCUT2D eigenvalue weighted by Crippen LogP contribution is -2.39. The zero-order valence-corrected chi connectivity index (χ0v) is 10.8. The van der Waals surface area contributed by atoms with Gasteiger partial charge in [0.15, 0.2) is 0 Å². The number of carbonyl (C=O) groups is 2. The molecule has 0 bridgehead atoms. The van der Waals surface area contributed by atoms with Gasteiger partial charge in [-0.1, -0.05) is 5.21 Å². The Balaban J connectivity index is 2.17. The second-order valence-corrected chi connectivity index (χ2v) is 4.45. The fourth-order valence-electron chi connectivity index (χ4n) is 2.28. The Morgan fingerprint density at radius 2 is 2.32 bits per heavy atom. The summed E-state index contributed by atoms with van der Waals surface area (Å²) in [6.07, 6.45) is 2.04. The molecule has 1 fully saturated rings. The van der Waals surface area contributed by atoms with Crippen molar-refractivity contribution in [1.82, 2.24) is 19.9 Å². The molecule has 1 aromatic rings. The lowest BCUT2D eigenvalue weighted by atomic mass is 10.2. The van der Waals surface area contributed by atoms with Gasteiger partial charge < -0.3 is 14.7 Å². The third-order valence-corrected chi connectivity index (χ3v) is 3.25. The summed E-state index contributed by atoms with van der Waals surface area (Å²) in [5, 5.41) is 16.6. The van der Waals surface area contributed by atoms with Crippen molar-refractivity contribution < 1.29 is 19.4 Å². The Hall–Kier alpha value is -1.96. The summed E-state index contributed by atoms with van der Waals surface area (Å²) in [7, 11) is 1.30. The summed E-state index contributed by atoms with van der Waals surface area (Å²) in [5.74, 6) is -0.611. The average Bonchev–Trinajstić information content (AvgIpc) is 3.03. The molecule has 19 heavy (non-hydrogen) atoms. The maximum Gasteiger partial charge on any atom is 0.328 e. The number of methoxy groups -OCH3 is 1. The van der Waals surface area contributed by atoms with Crippen molar-refractivity contribution in [3.63, 3.8) is 0 Å². The van der Waals surface area contributed by atoms with Gasteiger partial charge in [-0.15, -0.1) is 5.10 Å². The maximum atomic E-state index is 11.7. The van der Waals surface area contributed by atoms with Crippen LogP contribution in [0.5, 0.6) is 0 Å². The van der Waals surface area contributed by atoms with E-state index in [-0.39, 0.29) is 18.6 Å². The van der Waals surface area contributed by atoms with Crippen LogP contribution in [0.15, 0.2) is 6.20 Å². The number of rotatable bonds is 3. The SMILES string of the molecule is COC(=O)[C@@H]1C[C@@H](n2cc(CO)nn2)CN1C(C)=O. The first-order chi connectivity index (χ1) is 9.06. The van der Waals surface area contributed by atoms with Crippen molar-refractivity contribution in [2.45, 2.75) is 32.0 Å². The molecule has 8 heteroatoms. The minimum atomic E-state index is -0.589. The molecule has 0 aliphatic carbocycles. The number of hydrogen-bond donors (Lipinski definition) is 1. The van der Waals surface area contributed by atoms with Crippen LogP contribution < -0.4 is 0 Å². The predicted molar refractivity (Wildman–Crippen MR) is 62.8 cm³/mol. The molecular weight excluding hydrogens is 252 g/mol. The molecule has 1 aliphatic heterocycles. The number of aromatic nitrogens is 3. The van der Waals surface area contributed by atoms with E-state index in [0.29, 0.717) is 18.7 Å². The molecule has 1 N–H and O–H groups in total. The molecule has 1 saturated heterocycles. The Labute approximate surface area is 109 Å². The summed E-state index contributed by atoms with van der Waals surface area (Å²) >= 11 is 0. The number of likely N-dealkylation sites (tertiary alicyclic amines) is 1. The number of ether oxygens (including phenoxy) is 1. The molecular formula is C11H16N4O4. The van der Waals surface area contributed by atoms with Gasteiger partial charge in [0.1, 0.15) is 11.7 Å². The highest BCUT2D eigenvalue weighted by Crippen LogP contribution is 2.27. The predicted octanol–water partition coefficient (Wildman–Crippen LogP) is -0.895. The van der Waals surface area contributed by atoms with E-state index in [1.54, 1.807) is 10.9 Å². The standard InChI is InChI=1S/C11H16N4O4/c1-7(17)14-5-9(3-10(14)11(18)19-2)15-4-8(6-16)12-13-15/h4,9-10,16H,3,5-6H2,1-2H3/t9-,10+/m1/s1. The van der Waals surface area contributed by atoms with Crippen LogP contribution in [0.25, 0.3) is 0 Å².